The summed E-state index contributed by atoms with van der Waals surface area (Å²) in [4.78, 5) is 0. The zero-order chi connectivity index (χ0) is 13.0. The summed E-state index contributed by atoms with van der Waals surface area (Å²) in [6.07, 6.45) is 2.53. The van der Waals surface area contributed by atoms with Gasteiger partial charge in [-0.15, -0.1) is 0 Å². The van der Waals surface area contributed by atoms with E-state index in [2.05, 4.69) is 10.4 Å². The molecule has 1 aromatic heterocycles. The van der Waals surface area contributed by atoms with Gasteiger partial charge in [-0.1, -0.05) is 0 Å². The molecule has 5 heteroatoms. The molecule has 92 valence electrons. The second-order valence-electron chi connectivity index (χ2n) is 3.92. The number of benzene rings is 1. The maximum absolute atomic E-state index is 12.9. The normalized spacial score (nSPS) is 10.1. The molecule has 1 aromatic carbocycles. The number of anilines is 1. The fourth-order valence-corrected chi connectivity index (χ4v) is 1.73. The van der Waals surface area contributed by atoms with Crippen LogP contribution in [0.2, 0.25) is 0 Å². The Hall–Kier alpha value is -2.35. The van der Waals surface area contributed by atoms with E-state index in [1.54, 1.807) is 16.9 Å². The monoisotopic (exact) mass is 244 g/mol. The van der Waals surface area contributed by atoms with Crippen LogP contribution in [0, 0.1) is 17.1 Å². The van der Waals surface area contributed by atoms with Gasteiger partial charge in [0.1, 0.15) is 11.9 Å². The molecular weight excluding hydrogens is 231 g/mol. The lowest BCUT2D eigenvalue weighted by Gasteiger charge is -2.08. The largest absolute Gasteiger partial charge is 0.384 e. The van der Waals surface area contributed by atoms with Crippen LogP contribution in [0.4, 0.5) is 10.1 Å². The molecule has 2 aromatic rings. The summed E-state index contributed by atoms with van der Waals surface area (Å²) in [6.45, 7) is 0.667. The zero-order valence-corrected chi connectivity index (χ0v) is 10.0. The predicted molar refractivity (Wildman–Crippen MR) is 66.5 cm³/mol. The summed E-state index contributed by atoms with van der Waals surface area (Å²) in [7, 11) is 1.88. The van der Waals surface area contributed by atoms with Gasteiger partial charge >= 0.3 is 0 Å². The SMILES string of the molecule is Cn1nccc1CCNc1ccc(F)cc1C#N. The highest BCUT2D eigenvalue weighted by molar-refractivity contribution is 5.57. The van der Waals surface area contributed by atoms with Gasteiger partial charge in [0, 0.05) is 31.9 Å². The van der Waals surface area contributed by atoms with Crippen molar-refractivity contribution in [3.05, 3.63) is 47.5 Å². The third-order valence-corrected chi connectivity index (χ3v) is 2.72. The van der Waals surface area contributed by atoms with Crippen molar-refractivity contribution in [1.29, 1.82) is 5.26 Å². The number of aryl methyl sites for hydroxylation is 1. The molecule has 0 aliphatic heterocycles. The van der Waals surface area contributed by atoms with Crippen molar-refractivity contribution in [2.24, 2.45) is 7.05 Å². The van der Waals surface area contributed by atoms with E-state index >= 15 is 0 Å². The molecule has 0 saturated carbocycles. The van der Waals surface area contributed by atoms with Crippen LogP contribution in [0.25, 0.3) is 0 Å². The minimum atomic E-state index is -0.399. The lowest BCUT2D eigenvalue weighted by molar-refractivity contribution is 0.627. The maximum atomic E-state index is 12.9. The van der Waals surface area contributed by atoms with Crippen LogP contribution < -0.4 is 5.32 Å². The van der Waals surface area contributed by atoms with Crippen molar-refractivity contribution >= 4 is 5.69 Å². The summed E-state index contributed by atoms with van der Waals surface area (Å²) in [5.74, 6) is -0.399. The second-order valence-corrected chi connectivity index (χ2v) is 3.92. The molecular formula is C13H13FN4. The summed E-state index contributed by atoms with van der Waals surface area (Å²) in [5, 5.41) is 16.1. The molecule has 4 nitrogen and oxygen atoms in total. The van der Waals surface area contributed by atoms with Crippen LogP contribution in [0.5, 0.6) is 0 Å². The Kier molecular flexibility index (Phi) is 3.58. The average Bonchev–Trinajstić information content (AvgIpc) is 2.77. The van der Waals surface area contributed by atoms with Crippen LogP contribution in [-0.4, -0.2) is 16.3 Å². The van der Waals surface area contributed by atoms with E-state index in [-0.39, 0.29) is 0 Å². The van der Waals surface area contributed by atoms with Gasteiger partial charge in [-0.3, -0.25) is 4.68 Å². The summed E-state index contributed by atoms with van der Waals surface area (Å²) in [6, 6.07) is 8.06. The van der Waals surface area contributed by atoms with E-state index in [1.165, 1.54) is 12.1 Å². The fourth-order valence-electron chi connectivity index (χ4n) is 1.73. The van der Waals surface area contributed by atoms with Crippen LogP contribution in [0.1, 0.15) is 11.3 Å². The number of hydrogen-bond acceptors (Lipinski definition) is 3. The van der Waals surface area contributed by atoms with Gasteiger partial charge < -0.3 is 5.32 Å². The Morgan fingerprint density at radius 2 is 2.28 bits per heavy atom. The molecule has 0 saturated heterocycles. The first kappa shape index (κ1) is 12.1. The van der Waals surface area contributed by atoms with E-state index in [4.69, 9.17) is 5.26 Å². The molecule has 0 amide bonds. The van der Waals surface area contributed by atoms with Gasteiger partial charge in [0.2, 0.25) is 0 Å². The zero-order valence-electron chi connectivity index (χ0n) is 10.0. The van der Waals surface area contributed by atoms with E-state index in [9.17, 15) is 4.39 Å². The smallest absolute Gasteiger partial charge is 0.124 e. The first-order chi connectivity index (χ1) is 8.70. The van der Waals surface area contributed by atoms with Crippen molar-refractivity contribution in [2.45, 2.75) is 6.42 Å². The van der Waals surface area contributed by atoms with E-state index in [0.717, 1.165) is 12.1 Å². The molecule has 1 heterocycles. The Bertz CT molecular complexity index is 583. The van der Waals surface area contributed by atoms with Gasteiger partial charge in [-0.05, 0) is 24.3 Å². The van der Waals surface area contributed by atoms with E-state index in [0.29, 0.717) is 17.8 Å². The van der Waals surface area contributed by atoms with Crippen LogP contribution >= 0.6 is 0 Å². The van der Waals surface area contributed by atoms with Crippen LogP contribution in [0.3, 0.4) is 0 Å². The minimum absolute atomic E-state index is 0.319. The Morgan fingerprint density at radius 3 is 2.94 bits per heavy atom. The Labute approximate surface area is 105 Å². The molecule has 1 N–H and O–H groups in total. The topological polar surface area (TPSA) is 53.6 Å². The second kappa shape index (κ2) is 5.32. The van der Waals surface area contributed by atoms with Gasteiger partial charge in [0.15, 0.2) is 0 Å². The molecule has 0 bridgehead atoms. The molecule has 0 unspecified atom stereocenters. The fraction of sp³-hybridized carbons (Fsp3) is 0.231. The predicted octanol–water partition coefficient (Wildman–Crippen LogP) is 2.09. The van der Waals surface area contributed by atoms with Gasteiger partial charge in [0.05, 0.1) is 11.3 Å². The number of nitriles is 1. The first-order valence-electron chi connectivity index (χ1n) is 5.61. The molecule has 0 spiro atoms. The lowest BCUT2D eigenvalue weighted by atomic mass is 10.2. The van der Waals surface area contributed by atoms with Crippen molar-refractivity contribution < 1.29 is 4.39 Å². The van der Waals surface area contributed by atoms with Crippen LogP contribution in [-0.2, 0) is 13.5 Å². The van der Waals surface area contributed by atoms with Crippen molar-refractivity contribution in [3.63, 3.8) is 0 Å². The maximum Gasteiger partial charge on any atom is 0.124 e. The Morgan fingerprint density at radius 1 is 1.44 bits per heavy atom. The first-order valence-corrected chi connectivity index (χ1v) is 5.61. The van der Waals surface area contributed by atoms with E-state index in [1.807, 2.05) is 19.2 Å². The van der Waals surface area contributed by atoms with Crippen LogP contribution in [0.15, 0.2) is 30.5 Å². The average molecular weight is 244 g/mol. The van der Waals surface area contributed by atoms with E-state index < -0.39 is 5.82 Å². The lowest BCUT2D eigenvalue weighted by Crippen LogP contribution is -2.09. The molecule has 0 radical (unpaired) electrons. The van der Waals surface area contributed by atoms with Crippen molar-refractivity contribution in [1.82, 2.24) is 9.78 Å². The number of nitrogens with one attached hydrogen (secondary N) is 1. The third kappa shape index (κ3) is 2.66. The molecule has 2 rings (SSSR count). The summed E-state index contributed by atoms with van der Waals surface area (Å²) in [5.41, 5.74) is 2.07. The van der Waals surface area contributed by atoms with Gasteiger partial charge in [0.25, 0.3) is 0 Å². The number of hydrogen-bond donors (Lipinski definition) is 1. The highest BCUT2D eigenvalue weighted by Gasteiger charge is 2.04. The highest BCUT2D eigenvalue weighted by atomic mass is 19.1. The highest BCUT2D eigenvalue weighted by Crippen LogP contribution is 2.15. The number of rotatable bonds is 4. The standard InChI is InChI=1S/C13H13FN4/c1-18-12(5-7-17-18)4-6-16-13-3-2-11(14)8-10(13)9-15/h2-3,5,7-8,16H,4,6H2,1H3. The van der Waals surface area contributed by atoms with Gasteiger partial charge in [-0.25, -0.2) is 4.39 Å². The quantitative estimate of drug-likeness (QED) is 0.896. The molecule has 18 heavy (non-hydrogen) atoms. The summed E-state index contributed by atoms with van der Waals surface area (Å²) < 4.78 is 14.7. The van der Waals surface area contributed by atoms with Gasteiger partial charge in [-0.2, -0.15) is 10.4 Å². The number of halogens is 1. The molecule has 0 fully saturated rings. The Balaban J connectivity index is 1.99. The number of nitrogens with zero attached hydrogens (tertiary/aromatic N) is 3. The number of aromatic nitrogens is 2. The van der Waals surface area contributed by atoms with Crippen molar-refractivity contribution in [3.8, 4) is 6.07 Å². The summed E-state index contributed by atoms with van der Waals surface area (Å²) >= 11 is 0. The third-order valence-electron chi connectivity index (χ3n) is 2.72. The molecule has 0 aliphatic rings. The minimum Gasteiger partial charge on any atom is -0.384 e. The molecule has 0 atom stereocenters. The van der Waals surface area contributed by atoms with Crippen molar-refractivity contribution in [2.75, 3.05) is 11.9 Å². The molecule has 0 aliphatic carbocycles.